The Labute approximate surface area is 87.1 Å². The first-order valence-corrected chi connectivity index (χ1v) is 6.55. The van der Waals surface area contributed by atoms with Crippen LogP contribution in [0.25, 0.3) is 0 Å². The standard InChI is InChI=1S/C6H12NO3PS2/c1-3-9-6(10-4-2)12-5(13-6)7-11-8/h3-4,11H2,1-2H3. The molecule has 0 aromatic carbocycles. The average molecular weight is 241 g/mol. The van der Waals surface area contributed by atoms with Crippen molar-refractivity contribution >= 4 is 36.5 Å². The highest BCUT2D eigenvalue weighted by Crippen LogP contribution is 2.54. The van der Waals surface area contributed by atoms with Gasteiger partial charge < -0.3 is 14.0 Å². The number of rotatable bonds is 5. The summed E-state index contributed by atoms with van der Waals surface area (Å²) in [5.41, 5.74) is 0. The van der Waals surface area contributed by atoms with E-state index in [4.69, 9.17) is 9.47 Å². The van der Waals surface area contributed by atoms with Gasteiger partial charge in [-0.05, 0) is 37.4 Å². The van der Waals surface area contributed by atoms with Crippen molar-refractivity contribution in [3.8, 4) is 0 Å². The molecule has 1 aliphatic heterocycles. The minimum atomic E-state index is -1.06. The molecule has 7 heteroatoms. The van der Waals surface area contributed by atoms with E-state index in [1.807, 2.05) is 13.8 Å². The minimum Gasteiger partial charge on any atom is -0.332 e. The van der Waals surface area contributed by atoms with Gasteiger partial charge in [-0.1, -0.05) is 0 Å². The Kier molecular flexibility index (Phi) is 4.83. The molecule has 1 saturated heterocycles. The van der Waals surface area contributed by atoms with Gasteiger partial charge in [0.15, 0.2) is 8.61 Å². The molecule has 0 saturated carbocycles. The van der Waals surface area contributed by atoms with Gasteiger partial charge in [-0.25, -0.2) is 4.76 Å². The summed E-state index contributed by atoms with van der Waals surface area (Å²) >= 11 is 2.77. The first kappa shape index (κ1) is 11.6. The lowest BCUT2D eigenvalue weighted by Crippen LogP contribution is -2.37. The number of ether oxygens (including phenoxy) is 2. The fourth-order valence-corrected chi connectivity index (χ4v) is 3.63. The van der Waals surface area contributed by atoms with E-state index in [2.05, 4.69) is 4.76 Å². The molecule has 1 atom stereocenters. The maximum absolute atomic E-state index is 10.2. The van der Waals surface area contributed by atoms with E-state index in [0.717, 1.165) is 4.38 Å². The second kappa shape index (κ2) is 5.41. The zero-order chi connectivity index (χ0) is 9.73. The molecule has 0 aliphatic carbocycles. The summed E-state index contributed by atoms with van der Waals surface area (Å²) in [6.45, 7) is 5.01. The normalized spacial score (nSPS) is 20.6. The third kappa shape index (κ3) is 2.99. The molecule has 13 heavy (non-hydrogen) atoms. The molecule has 0 N–H and O–H groups in total. The van der Waals surface area contributed by atoms with Crippen LogP contribution in [0.3, 0.4) is 0 Å². The first-order chi connectivity index (χ1) is 6.26. The maximum atomic E-state index is 10.2. The van der Waals surface area contributed by atoms with E-state index >= 15 is 0 Å². The SMILES string of the molecule is CCOC1(OCC)SC(=N[PH2]=O)S1. The Morgan fingerprint density at radius 3 is 2.31 bits per heavy atom. The van der Waals surface area contributed by atoms with Crippen LogP contribution in [0.2, 0.25) is 0 Å². The lowest BCUT2D eigenvalue weighted by atomic mass is 10.8. The summed E-state index contributed by atoms with van der Waals surface area (Å²) in [6, 6.07) is 0. The zero-order valence-electron chi connectivity index (χ0n) is 7.48. The summed E-state index contributed by atoms with van der Waals surface area (Å²) in [7, 11) is -1.06. The van der Waals surface area contributed by atoms with Crippen LogP contribution in [0.15, 0.2) is 4.76 Å². The third-order valence-electron chi connectivity index (χ3n) is 1.22. The van der Waals surface area contributed by atoms with E-state index in [1.165, 1.54) is 23.5 Å². The fraction of sp³-hybridized carbons (Fsp3) is 0.833. The molecule has 0 amide bonds. The van der Waals surface area contributed by atoms with Crippen LogP contribution >= 0.6 is 32.1 Å². The molecule has 0 aromatic heterocycles. The largest absolute Gasteiger partial charge is 0.332 e. The van der Waals surface area contributed by atoms with Crippen LogP contribution in [0, 0.1) is 0 Å². The topological polar surface area (TPSA) is 47.9 Å². The monoisotopic (exact) mass is 241 g/mol. The van der Waals surface area contributed by atoms with Gasteiger partial charge in [0.25, 0.3) is 4.45 Å². The van der Waals surface area contributed by atoms with Crippen molar-refractivity contribution in [1.82, 2.24) is 0 Å². The van der Waals surface area contributed by atoms with E-state index in [9.17, 15) is 4.57 Å². The highest BCUT2D eigenvalue weighted by atomic mass is 32.3. The van der Waals surface area contributed by atoms with Crippen molar-refractivity contribution in [3.63, 3.8) is 0 Å². The van der Waals surface area contributed by atoms with Crippen molar-refractivity contribution in [1.29, 1.82) is 0 Å². The molecular formula is C6H12NO3PS2. The highest BCUT2D eigenvalue weighted by molar-refractivity contribution is 8.54. The summed E-state index contributed by atoms with van der Waals surface area (Å²) < 4.78 is 25.0. The number of hydrogen-bond acceptors (Lipinski definition) is 5. The molecule has 76 valence electrons. The van der Waals surface area contributed by atoms with Crippen molar-refractivity contribution in [3.05, 3.63) is 0 Å². The lowest BCUT2D eigenvalue weighted by molar-refractivity contribution is -0.101. The molecular weight excluding hydrogens is 229 g/mol. The number of hydrogen-bond donors (Lipinski definition) is 0. The van der Waals surface area contributed by atoms with Gasteiger partial charge in [0.05, 0.1) is 0 Å². The van der Waals surface area contributed by atoms with Crippen LogP contribution in [0.5, 0.6) is 0 Å². The van der Waals surface area contributed by atoms with Gasteiger partial charge in [-0.2, -0.15) is 0 Å². The fourth-order valence-electron chi connectivity index (χ4n) is 0.830. The predicted molar refractivity (Wildman–Crippen MR) is 59.0 cm³/mol. The average Bonchev–Trinajstić information content (AvgIpc) is 2.03. The van der Waals surface area contributed by atoms with Gasteiger partial charge >= 0.3 is 0 Å². The van der Waals surface area contributed by atoms with Gasteiger partial charge in [0.1, 0.15) is 4.38 Å². The molecule has 0 aromatic rings. The minimum absolute atomic E-state index is 0.595. The van der Waals surface area contributed by atoms with E-state index in [0.29, 0.717) is 13.2 Å². The highest BCUT2D eigenvalue weighted by Gasteiger charge is 2.47. The number of thioether (sulfide) groups is 2. The third-order valence-corrected chi connectivity index (χ3v) is 4.49. The second-order valence-electron chi connectivity index (χ2n) is 2.07. The van der Waals surface area contributed by atoms with Crippen molar-refractivity contribution in [2.75, 3.05) is 13.2 Å². The van der Waals surface area contributed by atoms with Gasteiger partial charge in [0, 0.05) is 13.2 Å². The second-order valence-corrected chi connectivity index (χ2v) is 5.31. The molecule has 1 heterocycles. The molecule has 0 radical (unpaired) electrons. The van der Waals surface area contributed by atoms with Crippen LogP contribution in [-0.2, 0) is 14.0 Å². The van der Waals surface area contributed by atoms with Crippen molar-refractivity contribution in [2.24, 2.45) is 4.76 Å². The Hall–Kier alpha value is 0.520. The van der Waals surface area contributed by atoms with Crippen LogP contribution in [-0.4, -0.2) is 22.0 Å². The quantitative estimate of drug-likeness (QED) is 0.545. The summed E-state index contributed by atoms with van der Waals surface area (Å²) in [5, 5.41) is 0. The van der Waals surface area contributed by atoms with Crippen LogP contribution in [0.1, 0.15) is 13.8 Å². The molecule has 1 fully saturated rings. The van der Waals surface area contributed by atoms with Gasteiger partial charge in [-0.15, -0.1) is 0 Å². The Bertz CT molecular complexity index is 208. The van der Waals surface area contributed by atoms with Crippen LogP contribution in [0.4, 0.5) is 0 Å². The van der Waals surface area contributed by atoms with E-state index in [1.54, 1.807) is 0 Å². The molecule has 1 unspecified atom stereocenters. The molecule has 1 aliphatic rings. The zero-order valence-corrected chi connectivity index (χ0v) is 10.3. The predicted octanol–water partition coefficient (Wildman–Crippen LogP) is 2.18. The summed E-state index contributed by atoms with van der Waals surface area (Å²) in [6.07, 6.45) is 0. The Balaban J connectivity index is 2.46. The maximum Gasteiger partial charge on any atom is 0.282 e. The summed E-state index contributed by atoms with van der Waals surface area (Å²) in [5.74, 6) is 0. The Morgan fingerprint density at radius 2 is 1.92 bits per heavy atom. The first-order valence-electron chi connectivity index (χ1n) is 3.93. The lowest BCUT2D eigenvalue weighted by Gasteiger charge is -2.38. The van der Waals surface area contributed by atoms with E-state index in [-0.39, 0.29) is 0 Å². The van der Waals surface area contributed by atoms with Gasteiger partial charge in [0.2, 0.25) is 0 Å². The number of nitrogens with zero attached hydrogens (tertiary/aromatic N) is 1. The molecule has 0 spiro atoms. The Morgan fingerprint density at radius 1 is 1.38 bits per heavy atom. The molecule has 4 nitrogen and oxygen atoms in total. The smallest absolute Gasteiger partial charge is 0.282 e. The summed E-state index contributed by atoms with van der Waals surface area (Å²) in [4.78, 5) is 0. The molecule has 1 rings (SSSR count). The van der Waals surface area contributed by atoms with Gasteiger partial charge in [-0.3, -0.25) is 0 Å². The van der Waals surface area contributed by atoms with E-state index < -0.39 is 13.1 Å². The van der Waals surface area contributed by atoms with Crippen LogP contribution < -0.4 is 0 Å². The molecule has 0 bridgehead atoms. The van der Waals surface area contributed by atoms with Crippen molar-refractivity contribution < 1.29 is 14.0 Å². The van der Waals surface area contributed by atoms with Crippen molar-refractivity contribution in [2.45, 2.75) is 18.3 Å².